The van der Waals surface area contributed by atoms with Gasteiger partial charge in [0.15, 0.2) is 11.3 Å². The first-order valence-electron chi connectivity index (χ1n) is 5.91. The van der Waals surface area contributed by atoms with E-state index in [-0.39, 0.29) is 5.69 Å². The van der Waals surface area contributed by atoms with Crippen molar-refractivity contribution in [3.05, 3.63) is 52.3 Å². The Morgan fingerprint density at radius 3 is 2.60 bits per heavy atom. The van der Waals surface area contributed by atoms with E-state index in [2.05, 4.69) is 26.0 Å². The number of carbonyl (C=O) groups is 1. The molecule has 20 heavy (non-hydrogen) atoms. The van der Waals surface area contributed by atoms with Crippen LogP contribution in [0.4, 0.5) is 0 Å². The first-order chi connectivity index (χ1) is 9.54. The summed E-state index contributed by atoms with van der Waals surface area (Å²) in [6, 6.07) is 11.1. The van der Waals surface area contributed by atoms with Gasteiger partial charge < -0.3 is 5.11 Å². The molecule has 0 aliphatic rings. The molecule has 0 amide bonds. The van der Waals surface area contributed by atoms with E-state index in [4.69, 9.17) is 5.11 Å². The Morgan fingerprint density at radius 2 is 1.95 bits per heavy atom. The molecule has 0 unspecified atom stereocenters. The molecule has 3 rings (SSSR count). The molecule has 1 N–H and O–H groups in total. The van der Waals surface area contributed by atoms with Crippen LogP contribution in [-0.2, 0) is 0 Å². The van der Waals surface area contributed by atoms with E-state index in [1.54, 1.807) is 4.52 Å². The molecule has 5 nitrogen and oxygen atoms in total. The van der Waals surface area contributed by atoms with E-state index in [1.165, 1.54) is 6.07 Å². The molecular weight excluding hydrogens is 322 g/mol. The van der Waals surface area contributed by atoms with Gasteiger partial charge in [-0.15, -0.1) is 0 Å². The van der Waals surface area contributed by atoms with E-state index >= 15 is 0 Å². The van der Waals surface area contributed by atoms with Gasteiger partial charge in [-0.3, -0.25) is 0 Å². The Hall–Kier alpha value is -2.21. The predicted octanol–water partition coefficient (Wildman–Crippen LogP) is 3.17. The quantitative estimate of drug-likeness (QED) is 0.783. The van der Waals surface area contributed by atoms with Crippen molar-refractivity contribution in [1.29, 1.82) is 0 Å². The molecular formula is C14H10BrN3O2. The third kappa shape index (κ3) is 2.18. The topological polar surface area (TPSA) is 67.5 Å². The fourth-order valence-corrected chi connectivity index (χ4v) is 2.30. The molecule has 100 valence electrons. The number of aromatic nitrogens is 3. The number of aryl methyl sites for hydroxylation is 1. The van der Waals surface area contributed by atoms with Crippen molar-refractivity contribution in [2.45, 2.75) is 6.92 Å². The highest BCUT2D eigenvalue weighted by atomic mass is 79.9. The highest BCUT2D eigenvalue weighted by Gasteiger charge is 2.13. The van der Waals surface area contributed by atoms with Gasteiger partial charge in [-0.2, -0.15) is 5.10 Å². The normalized spacial score (nSPS) is 10.9. The van der Waals surface area contributed by atoms with Gasteiger partial charge in [0.25, 0.3) is 0 Å². The van der Waals surface area contributed by atoms with Crippen molar-refractivity contribution < 1.29 is 9.90 Å². The van der Waals surface area contributed by atoms with E-state index in [0.29, 0.717) is 5.65 Å². The molecule has 0 saturated carbocycles. The van der Waals surface area contributed by atoms with Crippen LogP contribution >= 0.6 is 15.9 Å². The fraction of sp³-hybridized carbons (Fsp3) is 0.0714. The minimum atomic E-state index is -1.06. The van der Waals surface area contributed by atoms with Crippen LogP contribution in [0.2, 0.25) is 0 Å². The van der Waals surface area contributed by atoms with E-state index < -0.39 is 5.97 Å². The smallest absolute Gasteiger partial charge is 0.356 e. The zero-order chi connectivity index (χ0) is 14.3. The van der Waals surface area contributed by atoms with Crippen LogP contribution in [0.15, 0.2) is 40.9 Å². The molecule has 0 radical (unpaired) electrons. The second-order valence-corrected chi connectivity index (χ2v) is 5.31. The van der Waals surface area contributed by atoms with Crippen molar-refractivity contribution in [1.82, 2.24) is 14.6 Å². The van der Waals surface area contributed by atoms with Gasteiger partial charge in [0, 0.05) is 21.8 Å². The number of benzene rings is 1. The SMILES string of the molecule is Cc1cc(-c2ccc(Br)cc2)n2nc(C(=O)O)cc2n1. The molecule has 0 aliphatic heterocycles. The molecule has 0 atom stereocenters. The molecule has 2 aromatic heterocycles. The second kappa shape index (κ2) is 4.72. The number of nitrogens with zero attached hydrogens (tertiary/aromatic N) is 3. The zero-order valence-corrected chi connectivity index (χ0v) is 12.1. The van der Waals surface area contributed by atoms with Crippen molar-refractivity contribution in [3.8, 4) is 11.3 Å². The predicted molar refractivity (Wildman–Crippen MR) is 77.8 cm³/mol. The largest absolute Gasteiger partial charge is 0.476 e. The first kappa shape index (κ1) is 12.8. The number of aromatic carboxylic acids is 1. The molecule has 0 aliphatic carbocycles. The number of rotatable bonds is 2. The van der Waals surface area contributed by atoms with Crippen LogP contribution in [0, 0.1) is 6.92 Å². The van der Waals surface area contributed by atoms with E-state index in [9.17, 15) is 4.79 Å². The number of carboxylic acid groups (broad SMARTS) is 1. The summed E-state index contributed by atoms with van der Waals surface area (Å²) in [5, 5.41) is 13.1. The zero-order valence-electron chi connectivity index (χ0n) is 10.5. The van der Waals surface area contributed by atoms with Crippen molar-refractivity contribution in [2.75, 3.05) is 0 Å². The van der Waals surface area contributed by atoms with Crippen LogP contribution in [0.5, 0.6) is 0 Å². The summed E-state index contributed by atoms with van der Waals surface area (Å²) in [5.74, 6) is -1.06. The summed E-state index contributed by atoms with van der Waals surface area (Å²) in [7, 11) is 0. The first-order valence-corrected chi connectivity index (χ1v) is 6.70. The van der Waals surface area contributed by atoms with Gasteiger partial charge >= 0.3 is 5.97 Å². The average molecular weight is 332 g/mol. The lowest BCUT2D eigenvalue weighted by molar-refractivity contribution is 0.0690. The molecule has 0 fully saturated rings. The van der Waals surface area contributed by atoms with E-state index in [0.717, 1.165) is 21.4 Å². The number of fused-ring (bicyclic) bond motifs is 1. The average Bonchev–Trinajstić information content (AvgIpc) is 2.82. The summed E-state index contributed by atoms with van der Waals surface area (Å²) < 4.78 is 2.54. The Kier molecular flexibility index (Phi) is 3.02. The van der Waals surface area contributed by atoms with Crippen molar-refractivity contribution >= 4 is 27.5 Å². The monoisotopic (exact) mass is 331 g/mol. The molecule has 0 spiro atoms. The van der Waals surface area contributed by atoms with Crippen molar-refractivity contribution in [2.24, 2.45) is 0 Å². The summed E-state index contributed by atoms with van der Waals surface area (Å²) in [6.07, 6.45) is 0. The van der Waals surface area contributed by atoms with Gasteiger partial charge in [-0.25, -0.2) is 14.3 Å². The third-order valence-corrected chi connectivity index (χ3v) is 3.44. The highest BCUT2D eigenvalue weighted by Crippen LogP contribution is 2.23. The van der Waals surface area contributed by atoms with Gasteiger partial charge in [0.05, 0.1) is 5.69 Å². The summed E-state index contributed by atoms with van der Waals surface area (Å²) in [4.78, 5) is 15.3. The van der Waals surface area contributed by atoms with Gasteiger partial charge in [0.1, 0.15) is 0 Å². The van der Waals surface area contributed by atoms with Gasteiger partial charge in [-0.05, 0) is 25.1 Å². The standard InChI is InChI=1S/C14H10BrN3O2/c1-8-6-12(9-2-4-10(15)5-3-9)18-13(16-8)7-11(17-18)14(19)20/h2-7H,1H3,(H,19,20). The highest BCUT2D eigenvalue weighted by molar-refractivity contribution is 9.10. The van der Waals surface area contributed by atoms with Crippen LogP contribution in [0.3, 0.4) is 0 Å². The third-order valence-electron chi connectivity index (χ3n) is 2.91. The fourth-order valence-electron chi connectivity index (χ4n) is 2.03. The molecule has 3 aromatic rings. The maximum atomic E-state index is 11.0. The van der Waals surface area contributed by atoms with Crippen LogP contribution in [0.25, 0.3) is 16.9 Å². The second-order valence-electron chi connectivity index (χ2n) is 4.39. The molecule has 1 aromatic carbocycles. The summed E-state index contributed by atoms with van der Waals surface area (Å²) in [6.45, 7) is 1.87. The minimum Gasteiger partial charge on any atom is -0.476 e. The van der Waals surface area contributed by atoms with Crippen molar-refractivity contribution in [3.63, 3.8) is 0 Å². The van der Waals surface area contributed by atoms with Gasteiger partial charge in [-0.1, -0.05) is 28.1 Å². The molecule has 0 bridgehead atoms. The summed E-state index contributed by atoms with van der Waals surface area (Å²) >= 11 is 3.39. The van der Waals surface area contributed by atoms with E-state index in [1.807, 2.05) is 37.3 Å². The molecule has 0 saturated heterocycles. The number of hydrogen-bond donors (Lipinski definition) is 1. The minimum absolute atomic E-state index is 0.0125. The van der Waals surface area contributed by atoms with Crippen LogP contribution in [0.1, 0.15) is 16.2 Å². The summed E-state index contributed by atoms with van der Waals surface area (Å²) in [5.41, 5.74) is 3.09. The van der Waals surface area contributed by atoms with Crippen LogP contribution in [-0.4, -0.2) is 25.7 Å². The van der Waals surface area contributed by atoms with Gasteiger partial charge in [0.2, 0.25) is 0 Å². The molecule has 2 heterocycles. The number of carboxylic acids is 1. The Labute approximate surface area is 123 Å². The lowest BCUT2D eigenvalue weighted by atomic mass is 10.1. The molecule has 6 heteroatoms. The Morgan fingerprint density at radius 1 is 1.25 bits per heavy atom. The maximum absolute atomic E-state index is 11.0. The lowest BCUT2D eigenvalue weighted by Gasteiger charge is -2.06. The van der Waals surface area contributed by atoms with Crippen LogP contribution < -0.4 is 0 Å². The Bertz CT molecular complexity index is 809. The lowest BCUT2D eigenvalue weighted by Crippen LogP contribution is -2.00. The number of halogens is 1. The maximum Gasteiger partial charge on any atom is 0.356 e. The number of hydrogen-bond acceptors (Lipinski definition) is 3. The Balaban J connectivity index is 2.28.